The molecule has 1 amide bonds. The second-order valence-corrected chi connectivity index (χ2v) is 4.12. The van der Waals surface area contributed by atoms with Gasteiger partial charge in [-0.05, 0) is 32.2 Å². The summed E-state index contributed by atoms with van der Waals surface area (Å²) in [5, 5.41) is 5.83. The van der Waals surface area contributed by atoms with Crippen LogP contribution < -0.4 is 10.6 Å². The van der Waals surface area contributed by atoms with Crippen LogP contribution in [0.15, 0.2) is 0 Å². The molecule has 1 saturated heterocycles. The smallest absolute Gasteiger partial charge is 0.237 e. The quantitative estimate of drug-likeness (QED) is 0.631. The van der Waals surface area contributed by atoms with Crippen molar-refractivity contribution < 1.29 is 9.53 Å². The second-order valence-electron chi connectivity index (χ2n) is 4.12. The summed E-state index contributed by atoms with van der Waals surface area (Å²) in [5.41, 5.74) is 0. The summed E-state index contributed by atoms with van der Waals surface area (Å²) >= 11 is 0. The minimum absolute atomic E-state index is 0.0411. The van der Waals surface area contributed by atoms with Gasteiger partial charge in [0, 0.05) is 13.2 Å². The highest BCUT2D eigenvalue weighted by atomic mass is 16.5. The van der Waals surface area contributed by atoms with Crippen molar-refractivity contribution in [1.82, 2.24) is 10.6 Å². The highest BCUT2D eigenvalue weighted by Crippen LogP contribution is 2.15. The number of terminal acetylenes is 1. The predicted molar refractivity (Wildman–Crippen MR) is 62.9 cm³/mol. The monoisotopic (exact) mass is 224 g/mol. The molecular weight excluding hydrogens is 204 g/mol. The van der Waals surface area contributed by atoms with E-state index >= 15 is 0 Å². The summed E-state index contributed by atoms with van der Waals surface area (Å²) in [6, 6.07) is -0.185. The molecule has 2 atom stereocenters. The fraction of sp³-hybridized carbons (Fsp3) is 0.750. The van der Waals surface area contributed by atoms with Crippen LogP contribution in [0.5, 0.6) is 0 Å². The van der Waals surface area contributed by atoms with E-state index in [1.807, 2.05) is 6.92 Å². The molecule has 0 bridgehead atoms. The molecule has 0 aromatic rings. The molecule has 16 heavy (non-hydrogen) atoms. The molecule has 1 aliphatic rings. The predicted octanol–water partition coefficient (Wildman–Crippen LogP) is 0.140. The first-order valence-electron chi connectivity index (χ1n) is 5.76. The van der Waals surface area contributed by atoms with Gasteiger partial charge in [-0.1, -0.05) is 5.92 Å². The van der Waals surface area contributed by atoms with Crippen LogP contribution >= 0.6 is 0 Å². The molecule has 0 aromatic carbocycles. The van der Waals surface area contributed by atoms with Crippen LogP contribution in [0.25, 0.3) is 0 Å². The molecule has 0 saturated carbocycles. The third-order valence-corrected chi connectivity index (χ3v) is 2.79. The average molecular weight is 224 g/mol. The maximum absolute atomic E-state index is 11.4. The van der Waals surface area contributed by atoms with E-state index in [1.54, 1.807) is 0 Å². The lowest BCUT2D eigenvalue weighted by Crippen LogP contribution is -2.42. The molecular formula is C12H20N2O2. The summed E-state index contributed by atoms with van der Waals surface area (Å²) in [4.78, 5) is 11.4. The number of hydrogen-bond donors (Lipinski definition) is 2. The molecule has 2 unspecified atom stereocenters. The van der Waals surface area contributed by atoms with Crippen molar-refractivity contribution in [3.63, 3.8) is 0 Å². The number of rotatable bonds is 6. The molecule has 4 heteroatoms. The van der Waals surface area contributed by atoms with E-state index in [0.717, 1.165) is 32.6 Å². The molecule has 90 valence electrons. The zero-order valence-corrected chi connectivity index (χ0v) is 9.79. The number of amides is 1. The first-order chi connectivity index (χ1) is 7.74. The first kappa shape index (κ1) is 13.0. The lowest BCUT2D eigenvalue weighted by atomic mass is 10.1. The van der Waals surface area contributed by atoms with Crippen molar-refractivity contribution in [3.05, 3.63) is 0 Å². The molecule has 0 aliphatic carbocycles. The minimum atomic E-state index is -0.185. The summed E-state index contributed by atoms with van der Waals surface area (Å²) in [5.74, 6) is 2.98. The van der Waals surface area contributed by atoms with Gasteiger partial charge in [-0.2, -0.15) is 0 Å². The van der Waals surface area contributed by atoms with Crippen LogP contribution in [-0.2, 0) is 9.53 Å². The van der Waals surface area contributed by atoms with Crippen LogP contribution in [0.1, 0.15) is 19.8 Å². The van der Waals surface area contributed by atoms with Gasteiger partial charge in [-0.15, -0.1) is 6.42 Å². The molecule has 0 aromatic heterocycles. The highest BCUT2D eigenvalue weighted by molar-refractivity contribution is 5.81. The van der Waals surface area contributed by atoms with Gasteiger partial charge in [0.25, 0.3) is 0 Å². The zero-order valence-electron chi connectivity index (χ0n) is 9.79. The van der Waals surface area contributed by atoms with Crippen molar-refractivity contribution >= 4 is 5.91 Å². The largest absolute Gasteiger partial charge is 0.381 e. The zero-order chi connectivity index (χ0) is 11.8. The van der Waals surface area contributed by atoms with Gasteiger partial charge >= 0.3 is 0 Å². The number of carbonyl (C=O) groups is 1. The van der Waals surface area contributed by atoms with E-state index in [-0.39, 0.29) is 11.9 Å². The van der Waals surface area contributed by atoms with Crippen molar-refractivity contribution in [2.24, 2.45) is 5.92 Å². The number of carbonyl (C=O) groups excluding carboxylic acids is 1. The normalized spacial score (nSPS) is 21.4. The Hall–Kier alpha value is -1.05. The van der Waals surface area contributed by atoms with Gasteiger partial charge < -0.3 is 15.4 Å². The summed E-state index contributed by atoms with van der Waals surface area (Å²) in [6.07, 6.45) is 7.26. The van der Waals surface area contributed by atoms with E-state index < -0.39 is 0 Å². The molecule has 4 nitrogen and oxygen atoms in total. The minimum Gasteiger partial charge on any atom is -0.381 e. The Morgan fingerprint density at radius 2 is 2.50 bits per heavy atom. The second kappa shape index (κ2) is 7.26. The summed E-state index contributed by atoms with van der Waals surface area (Å²) in [6.45, 7) is 4.72. The number of hydrogen-bond acceptors (Lipinski definition) is 3. The molecule has 1 aliphatic heterocycles. The van der Waals surface area contributed by atoms with Gasteiger partial charge in [-0.25, -0.2) is 0 Å². The third-order valence-electron chi connectivity index (χ3n) is 2.79. The topological polar surface area (TPSA) is 50.4 Å². The van der Waals surface area contributed by atoms with Crippen molar-refractivity contribution in [2.75, 3.05) is 26.3 Å². The maximum Gasteiger partial charge on any atom is 0.237 e. The average Bonchev–Trinajstić information content (AvgIpc) is 2.78. The molecule has 1 fully saturated rings. The van der Waals surface area contributed by atoms with Crippen molar-refractivity contribution in [2.45, 2.75) is 25.8 Å². The Morgan fingerprint density at radius 1 is 1.69 bits per heavy atom. The van der Waals surface area contributed by atoms with E-state index in [1.165, 1.54) is 0 Å². The van der Waals surface area contributed by atoms with Crippen molar-refractivity contribution in [3.8, 4) is 12.3 Å². The number of nitrogens with one attached hydrogen (secondary N) is 2. The SMILES string of the molecule is C#CCNC(=O)C(C)NCCC1CCOC1. The Morgan fingerprint density at radius 3 is 3.12 bits per heavy atom. The van der Waals surface area contributed by atoms with Crippen LogP contribution in [0.3, 0.4) is 0 Å². The van der Waals surface area contributed by atoms with E-state index in [0.29, 0.717) is 12.5 Å². The van der Waals surface area contributed by atoms with Gasteiger partial charge in [0.2, 0.25) is 5.91 Å². The third kappa shape index (κ3) is 4.65. The van der Waals surface area contributed by atoms with Crippen LogP contribution in [0, 0.1) is 18.3 Å². The Bertz CT molecular complexity index is 254. The Balaban J connectivity index is 2.07. The summed E-state index contributed by atoms with van der Waals surface area (Å²) in [7, 11) is 0. The van der Waals surface area contributed by atoms with Crippen molar-refractivity contribution in [1.29, 1.82) is 0 Å². The van der Waals surface area contributed by atoms with Crippen LogP contribution in [0.4, 0.5) is 0 Å². The Labute approximate surface area is 97.1 Å². The number of ether oxygens (including phenoxy) is 1. The van der Waals surface area contributed by atoms with Crippen LogP contribution in [-0.4, -0.2) is 38.3 Å². The lowest BCUT2D eigenvalue weighted by Gasteiger charge is -2.14. The van der Waals surface area contributed by atoms with E-state index in [4.69, 9.17) is 11.2 Å². The van der Waals surface area contributed by atoms with Gasteiger partial charge in [0.1, 0.15) is 0 Å². The summed E-state index contributed by atoms with van der Waals surface area (Å²) < 4.78 is 5.29. The van der Waals surface area contributed by atoms with Crippen LogP contribution in [0.2, 0.25) is 0 Å². The molecule has 0 radical (unpaired) electrons. The standard InChI is InChI=1S/C12H20N2O2/c1-3-6-14-12(15)10(2)13-7-4-11-5-8-16-9-11/h1,10-11,13H,4-9H2,2H3,(H,14,15). The fourth-order valence-corrected chi connectivity index (χ4v) is 1.70. The molecule has 1 heterocycles. The van der Waals surface area contributed by atoms with E-state index in [2.05, 4.69) is 16.6 Å². The molecule has 2 N–H and O–H groups in total. The van der Waals surface area contributed by atoms with Gasteiger partial charge in [0.05, 0.1) is 12.6 Å². The highest BCUT2D eigenvalue weighted by Gasteiger charge is 2.16. The fourth-order valence-electron chi connectivity index (χ4n) is 1.70. The molecule has 0 spiro atoms. The maximum atomic E-state index is 11.4. The molecule has 1 rings (SSSR count). The van der Waals surface area contributed by atoms with Gasteiger partial charge in [-0.3, -0.25) is 4.79 Å². The van der Waals surface area contributed by atoms with E-state index in [9.17, 15) is 4.79 Å². The van der Waals surface area contributed by atoms with Gasteiger partial charge in [0.15, 0.2) is 0 Å². The Kier molecular flexibility index (Phi) is 5.91. The first-order valence-corrected chi connectivity index (χ1v) is 5.76. The lowest BCUT2D eigenvalue weighted by molar-refractivity contribution is -0.122.